The van der Waals surface area contributed by atoms with Crippen LogP contribution in [0.15, 0.2) is 36.4 Å². The number of carbonyl (C=O) groups excluding carboxylic acids is 1. The molecule has 0 saturated carbocycles. The molecule has 2 aromatic rings. The molecule has 1 amide bonds. The predicted octanol–water partition coefficient (Wildman–Crippen LogP) is 3.43. The molecule has 0 spiro atoms. The second-order valence-electron chi connectivity index (χ2n) is 9.07. The molecule has 2 heterocycles. The van der Waals surface area contributed by atoms with Gasteiger partial charge in [-0.1, -0.05) is 39.0 Å². The van der Waals surface area contributed by atoms with E-state index in [1.807, 2.05) is 48.1 Å². The Hall–Kier alpha value is -2.18. The van der Waals surface area contributed by atoms with E-state index in [1.54, 1.807) is 0 Å². The third-order valence-electron chi connectivity index (χ3n) is 5.62. The number of para-hydroxylation sites is 1. The molecule has 6 heteroatoms. The van der Waals surface area contributed by atoms with Crippen LogP contribution in [0.4, 0.5) is 5.82 Å². The van der Waals surface area contributed by atoms with E-state index in [2.05, 4.69) is 36.3 Å². The van der Waals surface area contributed by atoms with Crippen LogP contribution in [-0.2, 0) is 10.2 Å². The summed E-state index contributed by atoms with van der Waals surface area (Å²) >= 11 is 0. The SMILES string of the molecule is CNCCC1CCN(CC(=O)Nc2cc(C(C)(C)C)nn2-c2ccccc2)CC1. The Kier molecular flexibility index (Phi) is 7.09. The number of rotatable bonds is 7. The number of amides is 1. The number of piperidine rings is 1. The first-order chi connectivity index (χ1) is 13.9. The lowest BCUT2D eigenvalue weighted by Gasteiger charge is -2.31. The summed E-state index contributed by atoms with van der Waals surface area (Å²) in [4.78, 5) is 15.0. The summed E-state index contributed by atoms with van der Waals surface area (Å²) in [5, 5.41) is 11.1. The lowest BCUT2D eigenvalue weighted by molar-refractivity contribution is -0.117. The summed E-state index contributed by atoms with van der Waals surface area (Å²) in [6, 6.07) is 12.0. The smallest absolute Gasteiger partial charge is 0.239 e. The summed E-state index contributed by atoms with van der Waals surface area (Å²) in [7, 11) is 2.00. The van der Waals surface area contributed by atoms with Gasteiger partial charge in [-0.05, 0) is 64.0 Å². The summed E-state index contributed by atoms with van der Waals surface area (Å²) in [5.74, 6) is 1.53. The molecule has 1 aliphatic heterocycles. The second kappa shape index (κ2) is 9.55. The van der Waals surface area contributed by atoms with Gasteiger partial charge >= 0.3 is 0 Å². The maximum atomic E-state index is 12.8. The van der Waals surface area contributed by atoms with Gasteiger partial charge in [-0.15, -0.1) is 0 Å². The summed E-state index contributed by atoms with van der Waals surface area (Å²) in [6.45, 7) is 9.89. The summed E-state index contributed by atoms with van der Waals surface area (Å²) in [6.07, 6.45) is 3.57. The Labute approximate surface area is 174 Å². The van der Waals surface area contributed by atoms with E-state index in [4.69, 9.17) is 5.10 Å². The fourth-order valence-corrected chi connectivity index (χ4v) is 3.77. The number of benzene rings is 1. The fraction of sp³-hybridized carbons (Fsp3) is 0.565. The quantitative estimate of drug-likeness (QED) is 0.751. The van der Waals surface area contributed by atoms with Crippen molar-refractivity contribution in [3.8, 4) is 5.69 Å². The monoisotopic (exact) mass is 397 g/mol. The van der Waals surface area contributed by atoms with E-state index in [0.717, 1.165) is 42.8 Å². The molecule has 0 radical (unpaired) electrons. The van der Waals surface area contributed by atoms with Gasteiger partial charge in [-0.2, -0.15) is 5.10 Å². The van der Waals surface area contributed by atoms with Gasteiger partial charge in [0.05, 0.1) is 17.9 Å². The van der Waals surface area contributed by atoms with Gasteiger partial charge in [-0.3, -0.25) is 9.69 Å². The zero-order chi connectivity index (χ0) is 20.9. The van der Waals surface area contributed by atoms with Crippen LogP contribution in [0.25, 0.3) is 5.69 Å². The molecule has 29 heavy (non-hydrogen) atoms. The molecule has 0 unspecified atom stereocenters. The van der Waals surface area contributed by atoms with Gasteiger partial charge in [0, 0.05) is 11.5 Å². The largest absolute Gasteiger partial charge is 0.320 e. The molecule has 158 valence electrons. The molecular weight excluding hydrogens is 362 g/mol. The molecule has 6 nitrogen and oxygen atoms in total. The maximum absolute atomic E-state index is 12.8. The number of anilines is 1. The van der Waals surface area contributed by atoms with Crippen LogP contribution in [0, 0.1) is 5.92 Å². The highest BCUT2D eigenvalue weighted by Crippen LogP contribution is 2.26. The van der Waals surface area contributed by atoms with Crippen molar-refractivity contribution in [2.24, 2.45) is 5.92 Å². The van der Waals surface area contributed by atoms with Gasteiger partial charge in [-0.25, -0.2) is 4.68 Å². The van der Waals surface area contributed by atoms with Gasteiger partial charge in [0.2, 0.25) is 5.91 Å². The maximum Gasteiger partial charge on any atom is 0.239 e. The first-order valence-corrected chi connectivity index (χ1v) is 10.7. The third kappa shape index (κ3) is 5.90. The lowest BCUT2D eigenvalue weighted by atomic mass is 9.92. The summed E-state index contributed by atoms with van der Waals surface area (Å²) < 4.78 is 1.84. The first kappa shape index (κ1) is 21.5. The molecule has 1 aliphatic rings. The molecule has 1 saturated heterocycles. The number of carbonyl (C=O) groups is 1. The van der Waals surface area contributed by atoms with Gasteiger partial charge < -0.3 is 10.6 Å². The van der Waals surface area contributed by atoms with Crippen LogP contribution < -0.4 is 10.6 Å². The average Bonchev–Trinajstić information content (AvgIpc) is 3.12. The van der Waals surface area contributed by atoms with E-state index in [9.17, 15) is 4.79 Å². The number of hydrogen-bond acceptors (Lipinski definition) is 4. The molecule has 1 fully saturated rings. The van der Waals surface area contributed by atoms with Crippen LogP contribution >= 0.6 is 0 Å². The fourth-order valence-electron chi connectivity index (χ4n) is 3.77. The summed E-state index contributed by atoms with van der Waals surface area (Å²) in [5.41, 5.74) is 1.82. The zero-order valence-corrected chi connectivity index (χ0v) is 18.2. The topological polar surface area (TPSA) is 62.2 Å². The van der Waals surface area contributed by atoms with Crippen molar-refractivity contribution in [3.63, 3.8) is 0 Å². The average molecular weight is 398 g/mol. The van der Waals surface area contributed by atoms with E-state index in [1.165, 1.54) is 19.3 Å². The zero-order valence-electron chi connectivity index (χ0n) is 18.2. The van der Waals surface area contributed by atoms with Gasteiger partial charge in [0.15, 0.2) is 0 Å². The van der Waals surface area contributed by atoms with Crippen molar-refractivity contribution >= 4 is 11.7 Å². The van der Waals surface area contributed by atoms with Crippen molar-refractivity contribution in [2.45, 2.75) is 45.4 Å². The van der Waals surface area contributed by atoms with Crippen molar-refractivity contribution in [2.75, 3.05) is 38.5 Å². The predicted molar refractivity (Wildman–Crippen MR) is 119 cm³/mol. The Morgan fingerprint density at radius 2 is 1.86 bits per heavy atom. The molecule has 1 aromatic heterocycles. The minimum atomic E-state index is -0.0886. The van der Waals surface area contributed by atoms with Crippen LogP contribution in [0.3, 0.4) is 0 Å². The van der Waals surface area contributed by atoms with E-state index in [-0.39, 0.29) is 11.3 Å². The van der Waals surface area contributed by atoms with Crippen molar-refractivity contribution in [1.82, 2.24) is 20.0 Å². The first-order valence-electron chi connectivity index (χ1n) is 10.7. The molecule has 3 rings (SSSR count). The van der Waals surface area contributed by atoms with Gasteiger partial charge in [0.25, 0.3) is 0 Å². The normalized spacial score (nSPS) is 16.1. The molecule has 1 aromatic carbocycles. The van der Waals surface area contributed by atoms with Crippen LogP contribution in [-0.4, -0.2) is 53.8 Å². The minimum Gasteiger partial charge on any atom is -0.320 e. The molecular formula is C23H35N5O. The Balaban J connectivity index is 1.65. The molecule has 0 bridgehead atoms. The Morgan fingerprint density at radius 1 is 1.17 bits per heavy atom. The Bertz CT molecular complexity index is 785. The van der Waals surface area contributed by atoms with Crippen LogP contribution in [0.2, 0.25) is 0 Å². The number of likely N-dealkylation sites (tertiary alicyclic amines) is 1. The molecule has 0 atom stereocenters. The van der Waals surface area contributed by atoms with E-state index < -0.39 is 0 Å². The van der Waals surface area contributed by atoms with Gasteiger partial charge in [0.1, 0.15) is 5.82 Å². The van der Waals surface area contributed by atoms with Crippen LogP contribution in [0.1, 0.15) is 45.7 Å². The minimum absolute atomic E-state index is 0.0243. The van der Waals surface area contributed by atoms with Crippen molar-refractivity contribution in [3.05, 3.63) is 42.1 Å². The highest BCUT2D eigenvalue weighted by molar-refractivity contribution is 5.91. The number of aromatic nitrogens is 2. The standard InChI is InChI=1S/C23H35N5O/c1-23(2,3)20-16-21(28(26-20)19-8-6-5-7-9-19)25-22(29)17-27-14-11-18(12-15-27)10-13-24-4/h5-9,16,18,24H,10-15,17H2,1-4H3,(H,25,29). The lowest BCUT2D eigenvalue weighted by Crippen LogP contribution is -2.39. The number of hydrogen-bond donors (Lipinski definition) is 2. The molecule has 0 aliphatic carbocycles. The van der Waals surface area contributed by atoms with E-state index in [0.29, 0.717) is 6.54 Å². The second-order valence-corrected chi connectivity index (χ2v) is 9.07. The Morgan fingerprint density at radius 3 is 2.48 bits per heavy atom. The number of nitrogens with zero attached hydrogens (tertiary/aromatic N) is 3. The van der Waals surface area contributed by atoms with Crippen molar-refractivity contribution in [1.29, 1.82) is 0 Å². The highest BCUT2D eigenvalue weighted by Gasteiger charge is 2.23. The number of nitrogens with one attached hydrogen (secondary N) is 2. The van der Waals surface area contributed by atoms with E-state index >= 15 is 0 Å². The van der Waals surface area contributed by atoms with Crippen LogP contribution in [0.5, 0.6) is 0 Å². The van der Waals surface area contributed by atoms with Crippen molar-refractivity contribution < 1.29 is 4.79 Å². The molecule has 2 N–H and O–H groups in total. The third-order valence-corrected chi connectivity index (χ3v) is 5.62. The highest BCUT2D eigenvalue weighted by atomic mass is 16.2.